The summed E-state index contributed by atoms with van der Waals surface area (Å²) >= 11 is 6.15. The van der Waals surface area contributed by atoms with E-state index < -0.39 is 0 Å². The molecule has 14 heteroatoms. The Balaban J connectivity index is 0.000000121. The van der Waals surface area contributed by atoms with E-state index in [1.165, 1.54) is 0 Å². The number of furan rings is 4. The van der Waals surface area contributed by atoms with Crippen molar-refractivity contribution in [1.82, 2.24) is 29.9 Å². The fourth-order valence-electron chi connectivity index (χ4n) is 12.7. The molecule has 12 aromatic carbocycles. The number of para-hydroxylation sites is 4. The molecule has 0 atom stereocenters. The summed E-state index contributed by atoms with van der Waals surface area (Å²) in [5.74, 6) is 2.89. The van der Waals surface area contributed by atoms with Crippen LogP contribution >= 0.6 is 11.6 Å². The van der Waals surface area contributed by atoms with E-state index in [0.717, 1.165) is 143 Å². The molecule has 0 saturated carbocycles. The van der Waals surface area contributed by atoms with E-state index in [4.69, 9.17) is 53.5 Å². The summed E-state index contributed by atoms with van der Waals surface area (Å²) in [4.78, 5) is 27.9. The number of aromatic nitrogens is 6. The van der Waals surface area contributed by atoms with E-state index in [9.17, 15) is 0 Å². The molecule has 1 fully saturated rings. The van der Waals surface area contributed by atoms with Gasteiger partial charge in [0.25, 0.3) is 0 Å². The minimum absolute atomic E-state index is 0. The molecule has 0 radical (unpaired) electrons. The highest BCUT2D eigenvalue weighted by molar-refractivity contribution is 6.62. The molecule has 0 spiro atoms. The quantitative estimate of drug-likeness (QED) is 0.133. The Kier molecular flexibility index (Phi) is 15.8. The van der Waals surface area contributed by atoms with E-state index in [1.807, 2.05) is 164 Å². The molecule has 0 amide bonds. The molecule has 18 aromatic rings. The van der Waals surface area contributed by atoms with Crippen molar-refractivity contribution >= 4 is 112 Å². The first-order chi connectivity index (χ1) is 47.9. The number of hydrogen-bond donors (Lipinski definition) is 0. The zero-order chi connectivity index (χ0) is 66.1. The molecule has 7 heterocycles. The summed E-state index contributed by atoms with van der Waals surface area (Å²) in [6, 6.07) is 93.6. The summed E-state index contributed by atoms with van der Waals surface area (Å²) < 4.78 is 36.6. The lowest BCUT2D eigenvalue weighted by Crippen LogP contribution is -2.41. The maximum atomic E-state index is 6.17. The van der Waals surface area contributed by atoms with Gasteiger partial charge in [-0.15, -0.1) is 0 Å². The molecule has 0 aliphatic carbocycles. The highest BCUT2D eigenvalue weighted by Crippen LogP contribution is 2.40. The minimum Gasteiger partial charge on any atom is -0.456 e. The predicted octanol–water partition coefficient (Wildman–Crippen LogP) is 22.3. The highest BCUT2D eigenvalue weighted by atomic mass is 35.5. The van der Waals surface area contributed by atoms with Crippen LogP contribution in [0.1, 0.15) is 35.1 Å². The standard InChI is InChI=1S/C39H23N3O2.C24H23BO3.C21H12ClN3O.CH4/c1-2-8-25(9-3-1)37-40-38(42-39(41-37)28-19-21-32-30-11-5-7-13-34(30)44-36(32)23-28)26-16-14-24(15-17-26)27-18-20-31-29-10-4-6-12-33(29)43-35(31)22-27;1-23(2)24(3,4)28-25(27-23)18-12-9-16(10-13-18)17-11-14-20-19-7-5-6-8-21(19)26-22(20)15-17;22-21-24-19(13-6-2-1-3-7-13)23-20(25-21)14-10-11-16-15-8-4-5-9-17(15)26-18(16)12-14;/h1-23H;5-15H,1-4H3;1-12H;1H4. The second kappa shape index (κ2) is 25.3. The van der Waals surface area contributed by atoms with Crippen molar-refractivity contribution < 1.29 is 27.0 Å². The summed E-state index contributed by atoms with van der Waals surface area (Å²) in [6.45, 7) is 8.29. The fraction of sp³-hybridized carbons (Fsp3) is 0.0824. The molecular weight excluding hydrogens is 1250 g/mol. The molecule has 19 rings (SSSR count). The first-order valence-electron chi connectivity index (χ1n) is 32.4. The van der Waals surface area contributed by atoms with Crippen LogP contribution in [0.15, 0.2) is 297 Å². The third-order valence-electron chi connectivity index (χ3n) is 18.6. The van der Waals surface area contributed by atoms with Gasteiger partial charge in [0.2, 0.25) is 5.28 Å². The normalized spacial score (nSPS) is 13.3. The van der Waals surface area contributed by atoms with E-state index in [1.54, 1.807) is 0 Å². The van der Waals surface area contributed by atoms with Crippen LogP contribution in [0.5, 0.6) is 0 Å². The van der Waals surface area contributed by atoms with Gasteiger partial charge in [-0.3, -0.25) is 0 Å². The molecule has 478 valence electrons. The van der Waals surface area contributed by atoms with E-state index in [-0.39, 0.29) is 31.0 Å². The number of fused-ring (bicyclic) bond motifs is 12. The molecule has 1 aliphatic heterocycles. The van der Waals surface area contributed by atoms with Crippen LogP contribution in [0, 0.1) is 0 Å². The Labute approximate surface area is 575 Å². The van der Waals surface area contributed by atoms with Gasteiger partial charge in [-0.2, -0.15) is 9.97 Å². The Morgan fingerprint density at radius 3 is 0.879 bits per heavy atom. The van der Waals surface area contributed by atoms with Crippen LogP contribution in [0.25, 0.3) is 167 Å². The lowest BCUT2D eigenvalue weighted by molar-refractivity contribution is 0.00578. The fourth-order valence-corrected chi connectivity index (χ4v) is 12.9. The molecule has 99 heavy (non-hydrogen) atoms. The second-order valence-corrected chi connectivity index (χ2v) is 25.7. The third kappa shape index (κ3) is 11.8. The van der Waals surface area contributed by atoms with Crippen LogP contribution in [-0.2, 0) is 9.31 Å². The van der Waals surface area contributed by atoms with Gasteiger partial charge in [-0.1, -0.05) is 214 Å². The smallest absolute Gasteiger partial charge is 0.456 e. The Bertz CT molecular complexity index is 6030. The van der Waals surface area contributed by atoms with Gasteiger partial charge in [0.15, 0.2) is 29.1 Å². The van der Waals surface area contributed by atoms with Crippen molar-refractivity contribution in [3.63, 3.8) is 0 Å². The lowest BCUT2D eigenvalue weighted by atomic mass is 9.78. The number of nitrogens with zero attached hydrogens (tertiary/aromatic N) is 6. The van der Waals surface area contributed by atoms with E-state index >= 15 is 0 Å². The van der Waals surface area contributed by atoms with Gasteiger partial charge in [0.1, 0.15) is 44.7 Å². The second-order valence-electron chi connectivity index (χ2n) is 25.3. The van der Waals surface area contributed by atoms with Crippen molar-refractivity contribution in [1.29, 1.82) is 0 Å². The van der Waals surface area contributed by atoms with Crippen LogP contribution in [0.2, 0.25) is 5.28 Å². The summed E-state index contributed by atoms with van der Waals surface area (Å²) in [7, 11) is -0.336. The third-order valence-corrected chi connectivity index (χ3v) is 18.8. The summed E-state index contributed by atoms with van der Waals surface area (Å²) in [5.41, 5.74) is 16.2. The maximum Gasteiger partial charge on any atom is 0.494 e. The maximum absolute atomic E-state index is 6.17. The average molecular weight is 1310 g/mol. The molecule has 1 saturated heterocycles. The highest BCUT2D eigenvalue weighted by Gasteiger charge is 2.51. The SMILES string of the molecule is C.CC1(C)OB(c2ccc(-c3ccc4c(c3)oc3ccccc34)cc2)OC1(C)C.Clc1nc(-c2ccccc2)nc(-c2ccc3c(c2)oc2ccccc23)n1.c1ccc(-c2nc(-c3ccc(-c4ccc5c(c4)oc4ccccc45)cc3)nc(-c3ccc4c(c3)oc3ccccc34)n2)cc1. The number of halogens is 1. The van der Waals surface area contributed by atoms with Gasteiger partial charge >= 0.3 is 7.12 Å². The largest absolute Gasteiger partial charge is 0.494 e. The summed E-state index contributed by atoms with van der Waals surface area (Å²) in [5, 5.41) is 9.03. The van der Waals surface area contributed by atoms with Crippen LogP contribution in [0.3, 0.4) is 0 Å². The summed E-state index contributed by atoms with van der Waals surface area (Å²) in [6.07, 6.45) is 0. The zero-order valence-electron chi connectivity index (χ0n) is 53.6. The average Bonchev–Trinajstić information content (AvgIpc) is 1.71. The Morgan fingerprint density at radius 1 is 0.253 bits per heavy atom. The zero-order valence-corrected chi connectivity index (χ0v) is 54.4. The van der Waals surface area contributed by atoms with Gasteiger partial charge in [0.05, 0.1) is 11.2 Å². The number of benzene rings is 12. The van der Waals surface area contributed by atoms with Crippen molar-refractivity contribution in [2.75, 3.05) is 0 Å². The van der Waals surface area contributed by atoms with Crippen molar-refractivity contribution in [2.45, 2.75) is 46.3 Å². The van der Waals surface area contributed by atoms with Gasteiger partial charge in [0, 0.05) is 70.9 Å². The Hall–Kier alpha value is -11.9. The first kappa shape index (κ1) is 62.0. The predicted molar refractivity (Wildman–Crippen MR) is 401 cm³/mol. The van der Waals surface area contributed by atoms with Crippen LogP contribution < -0.4 is 5.46 Å². The number of rotatable bonds is 8. The van der Waals surface area contributed by atoms with Crippen molar-refractivity contribution in [2.24, 2.45) is 0 Å². The van der Waals surface area contributed by atoms with Crippen LogP contribution in [0.4, 0.5) is 0 Å². The molecular formula is C85H62BClN6O6. The monoisotopic (exact) mass is 1310 g/mol. The lowest BCUT2D eigenvalue weighted by Gasteiger charge is -2.32. The van der Waals surface area contributed by atoms with Crippen molar-refractivity contribution in [3.05, 3.63) is 284 Å². The molecule has 0 N–H and O–H groups in total. The van der Waals surface area contributed by atoms with Crippen molar-refractivity contribution in [3.8, 4) is 79.2 Å². The van der Waals surface area contributed by atoms with Crippen LogP contribution in [-0.4, -0.2) is 48.2 Å². The molecule has 12 nitrogen and oxygen atoms in total. The molecule has 0 unspecified atom stereocenters. The van der Waals surface area contributed by atoms with E-state index in [0.29, 0.717) is 29.1 Å². The molecule has 6 aromatic heterocycles. The van der Waals surface area contributed by atoms with Gasteiger partial charge in [-0.25, -0.2) is 19.9 Å². The molecule has 0 bridgehead atoms. The minimum atomic E-state index is -0.336. The molecule has 1 aliphatic rings. The van der Waals surface area contributed by atoms with E-state index in [2.05, 4.69) is 158 Å². The van der Waals surface area contributed by atoms with Gasteiger partial charge < -0.3 is 27.0 Å². The topological polar surface area (TPSA) is 148 Å². The Morgan fingerprint density at radius 2 is 0.505 bits per heavy atom. The van der Waals surface area contributed by atoms with Gasteiger partial charge in [-0.05, 0) is 140 Å². The first-order valence-corrected chi connectivity index (χ1v) is 32.8. The number of hydrogen-bond acceptors (Lipinski definition) is 12.